The lowest BCUT2D eigenvalue weighted by molar-refractivity contribution is 0.280. The molecule has 0 saturated carbocycles. The molecule has 0 atom stereocenters. The van der Waals surface area contributed by atoms with Gasteiger partial charge >= 0.3 is 0 Å². The Labute approximate surface area is 117 Å². The van der Waals surface area contributed by atoms with Crippen molar-refractivity contribution in [2.45, 2.75) is 13.5 Å². The number of hydrogen-bond donors (Lipinski definition) is 1. The Kier molecular flexibility index (Phi) is 4.38. The van der Waals surface area contributed by atoms with E-state index in [4.69, 9.17) is 10.5 Å². The molecule has 0 fully saturated rings. The van der Waals surface area contributed by atoms with E-state index in [0.717, 1.165) is 11.4 Å². The minimum Gasteiger partial charge on any atom is -0.484 e. The van der Waals surface area contributed by atoms with Gasteiger partial charge in [0.2, 0.25) is 0 Å². The summed E-state index contributed by atoms with van der Waals surface area (Å²) in [6.07, 6.45) is 0. The zero-order valence-electron chi connectivity index (χ0n) is 11.5. The van der Waals surface area contributed by atoms with Gasteiger partial charge < -0.3 is 10.5 Å². The van der Waals surface area contributed by atoms with Crippen LogP contribution in [0.3, 0.4) is 0 Å². The molecule has 2 aromatic rings. The van der Waals surface area contributed by atoms with Crippen LogP contribution in [0.25, 0.3) is 0 Å². The number of hydrogen-bond acceptors (Lipinski definition) is 3. The zero-order valence-corrected chi connectivity index (χ0v) is 11.5. The fourth-order valence-electron chi connectivity index (χ4n) is 1.80. The SMILES string of the molecule is Cc1cc(COc2cc(C#CCN)ccc2F)n(C)n1. The molecule has 0 radical (unpaired) electrons. The Hall–Kier alpha value is -2.32. The molecule has 0 spiro atoms. The lowest BCUT2D eigenvalue weighted by Crippen LogP contribution is -2.04. The summed E-state index contributed by atoms with van der Waals surface area (Å²) in [5.41, 5.74) is 7.76. The van der Waals surface area contributed by atoms with Crippen LogP contribution in [-0.2, 0) is 13.7 Å². The molecule has 0 aliphatic rings. The smallest absolute Gasteiger partial charge is 0.165 e. The van der Waals surface area contributed by atoms with Gasteiger partial charge in [-0.05, 0) is 31.2 Å². The predicted octanol–water partition coefficient (Wildman–Crippen LogP) is 1.76. The summed E-state index contributed by atoms with van der Waals surface area (Å²) >= 11 is 0. The highest BCUT2D eigenvalue weighted by atomic mass is 19.1. The van der Waals surface area contributed by atoms with Gasteiger partial charge in [-0.15, -0.1) is 0 Å². The minimum atomic E-state index is -0.415. The first-order valence-electron chi connectivity index (χ1n) is 6.21. The van der Waals surface area contributed by atoms with Gasteiger partial charge in [0.15, 0.2) is 11.6 Å². The second-order valence-corrected chi connectivity index (χ2v) is 4.34. The minimum absolute atomic E-state index is 0.174. The van der Waals surface area contributed by atoms with Gasteiger partial charge in [0.1, 0.15) is 6.61 Å². The van der Waals surface area contributed by atoms with Gasteiger partial charge in [-0.2, -0.15) is 5.10 Å². The van der Waals surface area contributed by atoms with Crippen LogP contribution in [0.1, 0.15) is 17.0 Å². The zero-order chi connectivity index (χ0) is 14.5. The monoisotopic (exact) mass is 273 g/mol. The molecule has 0 bridgehead atoms. The van der Waals surface area contributed by atoms with E-state index < -0.39 is 5.82 Å². The molecule has 20 heavy (non-hydrogen) atoms. The maximum Gasteiger partial charge on any atom is 0.165 e. The summed E-state index contributed by atoms with van der Waals surface area (Å²) in [4.78, 5) is 0. The second kappa shape index (κ2) is 6.22. The van der Waals surface area contributed by atoms with Crippen LogP contribution in [0.15, 0.2) is 24.3 Å². The Morgan fingerprint density at radius 1 is 1.40 bits per heavy atom. The maximum absolute atomic E-state index is 13.7. The van der Waals surface area contributed by atoms with Crippen LogP contribution in [-0.4, -0.2) is 16.3 Å². The Morgan fingerprint density at radius 3 is 2.85 bits per heavy atom. The third-order valence-electron chi connectivity index (χ3n) is 2.74. The third-order valence-corrected chi connectivity index (χ3v) is 2.74. The first kappa shape index (κ1) is 14.1. The molecule has 1 aromatic carbocycles. The maximum atomic E-state index is 13.7. The van der Waals surface area contributed by atoms with Crippen LogP contribution in [0.2, 0.25) is 0 Å². The normalized spacial score (nSPS) is 10.0. The molecule has 0 unspecified atom stereocenters. The van der Waals surface area contributed by atoms with Gasteiger partial charge in [0.25, 0.3) is 0 Å². The van der Waals surface area contributed by atoms with E-state index in [2.05, 4.69) is 16.9 Å². The number of ether oxygens (including phenoxy) is 1. The highest BCUT2D eigenvalue weighted by molar-refractivity contribution is 5.40. The predicted molar refractivity (Wildman–Crippen MR) is 74.6 cm³/mol. The molecule has 5 heteroatoms. The molecule has 4 nitrogen and oxygen atoms in total. The van der Waals surface area contributed by atoms with Gasteiger partial charge in [-0.3, -0.25) is 4.68 Å². The largest absolute Gasteiger partial charge is 0.484 e. The summed E-state index contributed by atoms with van der Waals surface area (Å²) in [5.74, 6) is 5.33. The topological polar surface area (TPSA) is 53.1 Å². The van der Waals surface area contributed by atoms with Crippen molar-refractivity contribution in [2.75, 3.05) is 6.54 Å². The number of halogens is 1. The van der Waals surface area contributed by atoms with Crippen molar-refractivity contribution in [3.63, 3.8) is 0 Å². The molecule has 1 aromatic heterocycles. The molecule has 104 valence electrons. The number of aromatic nitrogens is 2. The van der Waals surface area contributed by atoms with Crippen molar-refractivity contribution in [3.8, 4) is 17.6 Å². The average molecular weight is 273 g/mol. The standard InChI is InChI=1S/C15H16FN3O/c1-11-8-13(19(2)18-11)10-20-15-9-12(4-3-7-17)5-6-14(15)16/h5-6,8-9H,7,10,17H2,1-2H3. The van der Waals surface area contributed by atoms with Crippen molar-refractivity contribution >= 4 is 0 Å². The first-order chi connectivity index (χ1) is 9.60. The average Bonchev–Trinajstić information content (AvgIpc) is 2.74. The van der Waals surface area contributed by atoms with Crippen LogP contribution < -0.4 is 10.5 Å². The third kappa shape index (κ3) is 3.37. The Balaban J connectivity index is 2.14. The number of rotatable bonds is 3. The van der Waals surface area contributed by atoms with E-state index >= 15 is 0 Å². The number of nitrogens with zero attached hydrogens (tertiary/aromatic N) is 2. The van der Waals surface area contributed by atoms with Crippen LogP contribution in [0.5, 0.6) is 5.75 Å². The number of nitrogens with two attached hydrogens (primary N) is 1. The number of benzene rings is 1. The van der Waals surface area contributed by atoms with Gasteiger partial charge in [-0.1, -0.05) is 11.8 Å². The highest BCUT2D eigenvalue weighted by Crippen LogP contribution is 2.19. The van der Waals surface area contributed by atoms with E-state index in [1.165, 1.54) is 6.07 Å². The quantitative estimate of drug-likeness (QED) is 0.867. The van der Waals surface area contributed by atoms with E-state index in [-0.39, 0.29) is 18.9 Å². The van der Waals surface area contributed by atoms with E-state index in [1.807, 2.05) is 20.0 Å². The fourth-order valence-corrected chi connectivity index (χ4v) is 1.80. The summed E-state index contributed by atoms with van der Waals surface area (Å²) in [6, 6.07) is 6.40. The van der Waals surface area contributed by atoms with E-state index in [9.17, 15) is 4.39 Å². The summed E-state index contributed by atoms with van der Waals surface area (Å²) in [6.45, 7) is 2.41. The van der Waals surface area contributed by atoms with Gasteiger partial charge in [0.05, 0.1) is 17.9 Å². The van der Waals surface area contributed by atoms with Crippen molar-refractivity contribution in [1.82, 2.24) is 9.78 Å². The van der Waals surface area contributed by atoms with Crippen molar-refractivity contribution in [2.24, 2.45) is 12.8 Å². The lowest BCUT2D eigenvalue weighted by atomic mass is 10.2. The summed E-state index contributed by atoms with van der Waals surface area (Å²) in [7, 11) is 1.82. The van der Waals surface area contributed by atoms with Crippen LogP contribution >= 0.6 is 0 Å². The fraction of sp³-hybridized carbons (Fsp3) is 0.267. The molecular weight excluding hydrogens is 257 g/mol. The molecule has 0 aliphatic carbocycles. The summed E-state index contributed by atoms with van der Waals surface area (Å²) in [5, 5.41) is 4.21. The first-order valence-corrected chi connectivity index (χ1v) is 6.21. The molecule has 1 heterocycles. The van der Waals surface area contributed by atoms with E-state index in [1.54, 1.807) is 16.8 Å². The molecular formula is C15H16FN3O. The molecule has 0 aliphatic heterocycles. The Bertz CT molecular complexity index is 667. The molecule has 0 amide bonds. The van der Waals surface area contributed by atoms with Crippen LogP contribution in [0, 0.1) is 24.6 Å². The second-order valence-electron chi connectivity index (χ2n) is 4.34. The van der Waals surface area contributed by atoms with E-state index in [0.29, 0.717) is 5.56 Å². The van der Waals surface area contributed by atoms with Gasteiger partial charge in [0, 0.05) is 12.6 Å². The molecule has 0 saturated heterocycles. The van der Waals surface area contributed by atoms with Gasteiger partial charge in [-0.25, -0.2) is 4.39 Å². The lowest BCUT2D eigenvalue weighted by Gasteiger charge is -2.07. The highest BCUT2D eigenvalue weighted by Gasteiger charge is 2.07. The molecule has 2 rings (SSSR count). The van der Waals surface area contributed by atoms with Crippen molar-refractivity contribution < 1.29 is 9.13 Å². The van der Waals surface area contributed by atoms with Crippen LogP contribution in [0.4, 0.5) is 4.39 Å². The van der Waals surface area contributed by atoms with Crippen molar-refractivity contribution in [1.29, 1.82) is 0 Å². The number of aryl methyl sites for hydroxylation is 2. The summed E-state index contributed by atoms with van der Waals surface area (Å²) < 4.78 is 20.9. The Morgan fingerprint density at radius 2 is 2.20 bits per heavy atom. The van der Waals surface area contributed by atoms with Crippen molar-refractivity contribution in [3.05, 3.63) is 47.0 Å². The molecule has 2 N–H and O–H groups in total.